The summed E-state index contributed by atoms with van der Waals surface area (Å²) in [5, 5.41) is 2.39. The number of nitrogens with one attached hydrogen (secondary N) is 1. The van der Waals surface area contributed by atoms with Gasteiger partial charge in [0.2, 0.25) is 5.78 Å². The number of guanidine groups is 2. The van der Waals surface area contributed by atoms with Gasteiger partial charge in [-0.1, -0.05) is 0 Å². The van der Waals surface area contributed by atoms with Gasteiger partial charge in [0, 0.05) is 0 Å². The number of alkyl halides is 1. The molecule has 0 saturated carbocycles. The summed E-state index contributed by atoms with van der Waals surface area (Å²) >= 11 is 5.30. The molecule has 1 aliphatic rings. The minimum absolute atomic E-state index is 0.0616. The first-order chi connectivity index (χ1) is 5.98. The van der Waals surface area contributed by atoms with Crippen molar-refractivity contribution in [2.45, 2.75) is 5.79 Å². The van der Waals surface area contributed by atoms with Gasteiger partial charge in [0.15, 0.2) is 11.9 Å². The highest BCUT2D eigenvalue weighted by molar-refractivity contribution is 6.29. The summed E-state index contributed by atoms with van der Waals surface area (Å²) in [6, 6.07) is 0. The first kappa shape index (κ1) is 9.75. The SMILES string of the molecule is NC1=NC(N)(C(=O)CCl)N=C(N)N1. The normalized spacial score (nSPS) is 19.8. The van der Waals surface area contributed by atoms with E-state index in [0.717, 1.165) is 0 Å². The zero-order valence-electron chi connectivity index (χ0n) is 6.62. The monoisotopic (exact) mass is 204 g/mol. The molecule has 0 unspecified atom stereocenters. The molecular formula is C5H9ClN6O. The van der Waals surface area contributed by atoms with Crippen LogP contribution in [-0.2, 0) is 4.79 Å². The maximum Gasteiger partial charge on any atom is 0.270 e. The van der Waals surface area contributed by atoms with Crippen LogP contribution in [0.3, 0.4) is 0 Å². The average Bonchev–Trinajstić information content (AvgIpc) is 2.00. The molecule has 1 aliphatic heterocycles. The molecule has 7 N–H and O–H groups in total. The molecule has 0 atom stereocenters. The summed E-state index contributed by atoms with van der Waals surface area (Å²) in [7, 11) is 0. The van der Waals surface area contributed by atoms with Crippen LogP contribution < -0.4 is 22.5 Å². The Kier molecular flexibility index (Phi) is 2.39. The molecule has 72 valence electrons. The first-order valence-corrected chi connectivity index (χ1v) is 3.87. The smallest absolute Gasteiger partial charge is 0.270 e. The van der Waals surface area contributed by atoms with Crippen LogP contribution in [0.4, 0.5) is 0 Å². The lowest BCUT2D eigenvalue weighted by atomic mass is 10.2. The van der Waals surface area contributed by atoms with Crippen molar-refractivity contribution in [2.24, 2.45) is 27.2 Å². The van der Waals surface area contributed by atoms with E-state index in [1.165, 1.54) is 0 Å². The Balaban J connectivity index is 3.01. The van der Waals surface area contributed by atoms with Crippen molar-refractivity contribution in [1.29, 1.82) is 0 Å². The number of ketones is 1. The number of rotatable bonds is 2. The summed E-state index contributed by atoms with van der Waals surface area (Å²) in [4.78, 5) is 18.4. The van der Waals surface area contributed by atoms with Crippen LogP contribution in [0.1, 0.15) is 0 Å². The fourth-order valence-corrected chi connectivity index (χ4v) is 0.999. The van der Waals surface area contributed by atoms with E-state index in [2.05, 4.69) is 15.3 Å². The molecule has 0 radical (unpaired) electrons. The number of carbonyl (C=O) groups excluding carboxylic acids is 1. The van der Waals surface area contributed by atoms with E-state index < -0.39 is 11.6 Å². The van der Waals surface area contributed by atoms with Gasteiger partial charge in [0.05, 0.1) is 5.88 Å². The quantitative estimate of drug-likeness (QED) is 0.374. The van der Waals surface area contributed by atoms with Gasteiger partial charge >= 0.3 is 0 Å². The van der Waals surface area contributed by atoms with Crippen LogP contribution >= 0.6 is 11.6 Å². The third kappa shape index (κ3) is 1.87. The number of Topliss-reactive ketones (excluding diaryl/α,β-unsaturated/α-hetero) is 1. The van der Waals surface area contributed by atoms with Crippen LogP contribution in [-0.4, -0.2) is 29.4 Å². The average molecular weight is 205 g/mol. The van der Waals surface area contributed by atoms with Crippen LogP contribution in [0.25, 0.3) is 0 Å². The van der Waals surface area contributed by atoms with E-state index >= 15 is 0 Å². The largest absolute Gasteiger partial charge is 0.369 e. The van der Waals surface area contributed by atoms with Crippen molar-refractivity contribution in [1.82, 2.24) is 5.32 Å². The molecule has 0 spiro atoms. The standard InChI is InChI=1S/C5H9ClN6O/c6-1-2(13)5(9)11-3(7)10-4(8)12-5/h1,9H2,(H5,7,8,10,11,12). The lowest BCUT2D eigenvalue weighted by molar-refractivity contribution is -0.121. The molecule has 0 amide bonds. The second-order valence-corrected chi connectivity index (χ2v) is 2.67. The van der Waals surface area contributed by atoms with Crippen molar-refractivity contribution in [3.63, 3.8) is 0 Å². The number of hydrogen-bond donors (Lipinski definition) is 4. The molecule has 0 aromatic rings. The minimum Gasteiger partial charge on any atom is -0.369 e. The molecule has 8 heteroatoms. The van der Waals surface area contributed by atoms with Crippen molar-refractivity contribution < 1.29 is 4.79 Å². The van der Waals surface area contributed by atoms with E-state index in [9.17, 15) is 4.79 Å². The van der Waals surface area contributed by atoms with Gasteiger partial charge in [0.1, 0.15) is 0 Å². The highest BCUT2D eigenvalue weighted by Crippen LogP contribution is 2.09. The predicted octanol–water partition coefficient (Wildman–Crippen LogP) is -2.36. The lowest BCUT2D eigenvalue weighted by Gasteiger charge is -2.23. The van der Waals surface area contributed by atoms with Crippen molar-refractivity contribution >= 4 is 29.3 Å². The van der Waals surface area contributed by atoms with Crippen LogP contribution in [0.15, 0.2) is 9.98 Å². The third-order valence-electron chi connectivity index (χ3n) is 1.37. The zero-order valence-corrected chi connectivity index (χ0v) is 7.38. The van der Waals surface area contributed by atoms with Crippen LogP contribution in [0.2, 0.25) is 0 Å². The number of halogens is 1. The second-order valence-electron chi connectivity index (χ2n) is 2.40. The molecule has 0 bridgehead atoms. The molecular weight excluding hydrogens is 196 g/mol. The Morgan fingerprint density at radius 3 is 2.31 bits per heavy atom. The molecule has 1 rings (SSSR count). The summed E-state index contributed by atoms with van der Waals surface area (Å²) in [6.45, 7) is 0. The molecule has 0 aliphatic carbocycles. The van der Waals surface area contributed by atoms with Gasteiger partial charge in [-0.3, -0.25) is 15.8 Å². The molecule has 0 saturated heterocycles. The highest BCUT2D eigenvalue weighted by Gasteiger charge is 2.35. The fraction of sp³-hybridized carbons (Fsp3) is 0.400. The van der Waals surface area contributed by atoms with E-state index in [-0.39, 0.29) is 17.8 Å². The first-order valence-electron chi connectivity index (χ1n) is 3.34. The predicted molar refractivity (Wildman–Crippen MR) is 49.0 cm³/mol. The van der Waals surface area contributed by atoms with Crippen LogP contribution in [0, 0.1) is 0 Å². The van der Waals surface area contributed by atoms with Crippen molar-refractivity contribution in [3.05, 3.63) is 0 Å². The van der Waals surface area contributed by atoms with E-state index in [1.54, 1.807) is 0 Å². The lowest BCUT2D eigenvalue weighted by Crippen LogP contribution is -2.56. The summed E-state index contributed by atoms with van der Waals surface area (Å²) in [6.07, 6.45) is 0. The number of aliphatic imine (C=N–C) groups is 2. The van der Waals surface area contributed by atoms with Gasteiger partial charge in [-0.05, 0) is 0 Å². The minimum atomic E-state index is -1.78. The van der Waals surface area contributed by atoms with Gasteiger partial charge in [0.25, 0.3) is 5.79 Å². The van der Waals surface area contributed by atoms with Gasteiger partial charge in [-0.25, -0.2) is 0 Å². The topological polar surface area (TPSA) is 132 Å². The number of hydrogen-bond acceptors (Lipinski definition) is 7. The summed E-state index contributed by atoms with van der Waals surface area (Å²) in [5.74, 6) is -2.77. The van der Waals surface area contributed by atoms with Crippen molar-refractivity contribution in [3.8, 4) is 0 Å². The van der Waals surface area contributed by atoms with E-state index in [1.807, 2.05) is 0 Å². The van der Waals surface area contributed by atoms with Gasteiger partial charge in [-0.2, -0.15) is 9.98 Å². The number of nitrogens with two attached hydrogens (primary N) is 3. The molecule has 0 aromatic heterocycles. The Labute approximate surface area is 79.0 Å². The van der Waals surface area contributed by atoms with E-state index in [0.29, 0.717) is 0 Å². The highest BCUT2D eigenvalue weighted by atomic mass is 35.5. The maximum absolute atomic E-state index is 11.2. The summed E-state index contributed by atoms with van der Waals surface area (Å²) in [5.41, 5.74) is 16.1. The Hall–Kier alpha value is -1.34. The molecule has 1 heterocycles. The van der Waals surface area contributed by atoms with Gasteiger partial charge < -0.3 is 11.5 Å². The number of carbonyl (C=O) groups is 1. The van der Waals surface area contributed by atoms with Crippen LogP contribution in [0.5, 0.6) is 0 Å². The Morgan fingerprint density at radius 1 is 1.46 bits per heavy atom. The molecule has 13 heavy (non-hydrogen) atoms. The molecule has 7 nitrogen and oxygen atoms in total. The summed E-state index contributed by atoms with van der Waals surface area (Å²) < 4.78 is 0. The second kappa shape index (κ2) is 3.19. The van der Waals surface area contributed by atoms with E-state index in [4.69, 9.17) is 28.8 Å². The Bertz CT molecular complexity index is 279. The Morgan fingerprint density at radius 2 is 1.92 bits per heavy atom. The maximum atomic E-state index is 11.2. The third-order valence-corrected chi connectivity index (χ3v) is 1.61. The van der Waals surface area contributed by atoms with Crippen molar-refractivity contribution in [2.75, 3.05) is 5.88 Å². The zero-order chi connectivity index (χ0) is 10.1. The molecule has 0 aromatic carbocycles. The fourth-order valence-electron chi connectivity index (χ4n) is 0.802. The molecule has 0 fully saturated rings. The number of nitrogens with zero attached hydrogens (tertiary/aromatic N) is 2. The van der Waals surface area contributed by atoms with Gasteiger partial charge in [-0.15, -0.1) is 11.6 Å².